The molecule has 0 saturated heterocycles. The molecule has 0 aliphatic carbocycles. The second-order valence-electron chi connectivity index (χ2n) is 6.37. The number of hydrogen-bond donors (Lipinski definition) is 2. The van der Waals surface area contributed by atoms with Gasteiger partial charge in [-0.1, -0.05) is 0 Å². The Hall–Kier alpha value is -4.03. The number of rotatable bonds is 5. The molecule has 0 saturated carbocycles. The molecule has 2 N–H and O–H groups in total. The fourth-order valence-electron chi connectivity index (χ4n) is 2.90. The predicted molar refractivity (Wildman–Crippen MR) is 102 cm³/mol. The molecule has 0 fully saturated rings. The summed E-state index contributed by atoms with van der Waals surface area (Å²) in [6, 6.07) is 0. The van der Waals surface area contributed by atoms with E-state index in [-0.39, 0.29) is 22.8 Å². The highest BCUT2D eigenvalue weighted by molar-refractivity contribution is 6.12. The first-order valence-corrected chi connectivity index (χ1v) is 8.43. The molecule has 3 rings (SSSR count). The standard InChI is InChI=1S/C16H19N9O4/c1-8-12(25(28)29)14(24(5)21-8)16(27)20-11-7-18-23(4)13(11)15(26)19-10-6-17-22(3)9(10)2/h6-7H,1-5H3,(H,19,26)(H,20,27). The Bertz CT molecular complexity index is 1140. The summed E-state index contributed by atoms with van der Waals surface area (Å²) >= 11 is 0. The topological polar surface area (TPSA) is 155 Å². The summed E-state index contributed by atoms with van der Waals surface area (Å²) in [5.41, 5.74) is 0.907. The van der Waals surface area contributed by atoms with Gasteiger partial charge in [0.2, 0.25) is 5.69 Å². The zero-order chi connectivity index (χ0) is 21.5. The number of carbonyl (C=O) groups is 2. The van der Waals surface area contributed by atoms with Crippen molar-refractivity contribution in [2.24, 2.45) is 21.1 Å². The normalized spacial score (nSPS) is 10.8. The van der Waals surface area contributed by atoms with E-state index in [0.717, 1.165) is 10.4 Å². The van der Waals surface area contributed by atoms with Crippen LogP contribution in [0.1, 0.15) is 32.4 Å². The minimum absolute atomic E-state index is 0.0724. The van der Waals surface area contributed by atoms with Crippen molar-refractivity contribution in [1.29, 1.82) is 0 Å². The number of aromatic nitrogens is 6. The second kappa shape index (κ2) is 7.18. The van der Waals surface area contributed by atoms with Crippen LogP contribution in [0.25, 0.3) is 0 Å². The van der Waals surface area contributed by atoms with Gasteiger partial charge in [0, 0.05) is 21.1 Å². The van der Waals surface area contributed by atoms with Crippen molar-refractivity contribution in [3.05, 3.63) is 45.3 Å². The average Bonchev–Trinajstić information content (AvgIpc) is 3.25. The molecule has 3 aromatic heterocycles. The van der Waals surface area contributed by atoms with Crippen molar-refractivity contribution < 1.29 is 14.5 Å². The zero-order valence-electron chi connectivity index (χ0n) is 16.4. The molecule has 29 heavy (non-hydrogen) atoms. The van der Waals surface area contributed by atoms with E-state index in [1.54, 1.807) is 18.7 Å². The van der Waals surface area contributed by atoms with Gasteiger partial charge in [-0.2, -0.15) is 15.3 Å². The quantitative estimate of drug-likeness (QED) is 0.476. The summed E-state index contributed by atoms with van der Waals surface area (Å²) in [6.07, 6.45) is 2.79. The Morgan fingerprint density at radius 2 is 1.48 bits per heavy atom. The Labute approximate surface area is 164 Å². The number of nitrogens with zero attached hydrogens (tertiary/aromatic N) is 7. The van der Waals surface area contributed by atoms with E-state index in [4.69, 9.17) is 0 Å². The summed E-state index contributed by atoms with van der Waals surface area (Å²) in [7, 11) is 4.71. The monoisotopic (exact) mass is 401 g/mol. The minimum Gasteiger partial charge on any atom is -0.318 e. The lowest BCUT2D eigenvalue weighted by molar-refractivity contribution is -0.385. The van der Waals surface area contributed by atoms with Crippen LogP contribution in [0.15, 0.2) is 12.4 Å². The highest BCUT2D eigenvalue weighted by atomic mass is 16.6. The molecule has 0 unspecified atom stereocenters. The highest BCUT2D eigenvalue weighted by Gasteiger charge is 2.30. The molecule has 13 nitrogen and oxygen atoms in total. The van der Waals surface area contributed by atoms with E-state index >= 15 is 0 Å². The van der Waals surface area contributed by atoms with Crippen molar-refractivity contribution in [2.45, 2.75) is 13.8 Å². The number of anilines is 2. The summed E-state index contributed by atoms with van der Waals surface area (Å²) in [5.74, 6) is -1.30. The Morgan fingerprint density at radius 1 is 0.931 bits per heavy atom. The Kier molecular flexibility index (Phi) is 4.88. The van der Waals surface area contributed by atoms with Gasteiger partial charge in [-0.3, -0.25) is 33.7 Å². The largest absolute Gasteiger partial charge is 0.322 e. The lowest BCUT2D eigenvalue weighted by Crippen LogP contribution is -2.22. The number of nitro groups is 1. The number of nitrogens with one attached hydrogen (secondary N) is 2. The van der Waals surface area contributed by atoms with Crippen molar-refractivity contribution in [1.82, 2.24) is 29.3 Å². The SMILES string of the molecule is Cc1nn(C)c(C(=O)Nc2cnn(C)c2C(=O)Nc2cnn(C)c2C)c1[N+](=O)[O-]. The average molecular weight is 401 g/mol. The maximum absolute atomic E-state index is 12.8. The molecule has 2 amide bonds. The lowest BCUT2D eigenvalue weighted by atomic mass is 10.2. The van der Waals surface area contributed by atoms with Crippen LogP contribution in [0.2, 0.25) is 0 Å². The minimum atomic E-state index is -0.778. The molecule has 0 aromatic carbocycles. The molecular formula is C16H19N9O4. The number of aryl methyl sites for hydroxylation is 4. The van der Waals surface area contributed by atoms with Gasteiger partial charge in [-0.05, 0) is 13.8 Å². The van der Waals surface area contributed by atoms with Crippen molar-refractivity contribution in [2.75, 3.05) is 10.6 Å². The molecule has 152 valence electrons. The van der Waals surface area contributed by atoms with E-state index in [1.807, 2.05) is 0 Å². The molecule has 0 radical (unpaired) electrons. The van der Waals surface area contributed by atoms with Crippen LogP contribution < -0.4 is 10.6 Å². The molecule has 0 aliphatic heterocycles. The number of amides is 2. The Morgan fingerprint density at radius 3 is 2.07 bits per heavy atom. The molecule has 0 aliphatic rings. The molecule has 0 atom stereocenters. The van der Waals surface area contributed by atoms with Gasteiger partial charge < -0.3 is 10.6 Å². The highest BCUT2D eigenvalue weighted by Crippen LogP contribution is 2.25. The molecule has 3 aromatic rings. The van der Waals surface area contributed by atoms with Crippen molar-refractivity contribution >= 4 is 28.9 Å². The van der Waals surface area contributed by atoms with Gasteiger partial charge in [-0.25, -0.2) is 0 Å². The first kappa shape index (κ1) is 19.7. The molecule has 13 heteroatoms. The maximum atomic E-state index is 12.8. The van der Waals surface area contributed by atoms with Gasteiger partial charge in [0.1, 0.15) is 11.4 Å². The number of hydrogen-bond acceptors (Lipinski definition) is 7. The third-order valence-corrected chi connectivity index (χ3v) is 4.47. The molecule has 0 spiro atoms. The Balaban J connectivity index is 1.91. The summed E-state index contributed by atoms with van der Waals surface area (Å²) < 4.78 is 4.02. The summed E-state index contributed by atoms with van der Waals surface area (Å²) in [5, 5.41) is 28.5. The summed E-state index contributed by atoms with van der Waals surface area (Å²) in [6.45, 7) is 3.23. The first-order valence-electron chi connectivity index (χ1n) is 8.43. The third-order valence-electron chi connectivity index (χ3n) is 4.47. The van der Waals surface area contributed by atoms with Gasteiger partial charge >= 0.3 is 5.69 Å². The summed E-state index contributed by atoms with van der Waals surface area (Å²) in [4.78, 5) is 36.1. The third kappa shape index (κ3) is 3.44. The van der Waals surface area contributed by atoms with Crippen molar-refractivity contribution in [3.63, 3.8) is 0 Å². The van der Waals surface area contributed by atoms with Crippen molar-refractivity contribution in [3.8, 4) is 0 Å². The van der Waals surface area contributed by atoms with Gasteiger partial charge in [-0.15, -0.1) is 0 Å². The van der Waals surface area contributed by atoms with Crippen LogP contribution in [-0.4, -0.2) is 46.1 Å². The van der Waals surface area contributed by atoms with E-state index < -0.39 is 22.4 Å². The molecule has 3 heterocycles. The van der Waals surface area contributed by atoms with Crippen LogP contribution in [0.5, 0.6) is 0 Å². The van der Waals surface area contributed by atoms with E-state index in [9.17, 15) is 19.7 Å². The van der Waals surface area contributed by atoms with Crippen LogP contribution >= 0.6 is 0 Å². The van der Waals surface area contributed by atoms with Crippen LogP contribution in [0.3, 0.4) is 0 Å². The lowest BCUT2D eigenvalue weighted by Gasteiger charge is -2.09. The fourth-order valence-corrected chi connectivity index (χ4v) is 2.90. The second-order valence-corrected chi connectivity index (χ2v) is 6.37. The smallest absolute Gasteiger partial charge is 0.318 e. The van der Waals surface area contributed by atoms with Gasteiger partial charge in [0.05, 0.1) is 34.4 Å². The van der Waals surface area contributed by atoms with Gasteiger partial charge in [0.25, 0.3) is 11.8 Å². The first-order chi connectivity index (χ1) is 13.6. The predicted octanol–water partition coefficient (Wildman–Crippen LogP) is 0.917. The van der Waals surface area contributed by atoms with Gasteiger partial charge in [0.15, 0.2) is 0 Å². The zero-order valence-corrected chi connectivity index (χ0v) is 16.4. The fraction of sp³-hybridized carbons (Fsp3) is 0.312. The molecular weight excluding hydrogens is 382 g/mol. The van der Waals surface area contributed by atoms with E-state index in [2.05, 4.69) is 25.9 Å². The van der Waals surface area contributed by atoms with Crippen LogP contribution in [0.4, 0.5) is 17.1 Å². The van der Waals surface area contributed by atoms with E-state index in [1.165, 1.54) is 38.1 Å². The van der Waals surface area contributed by atoms with E-state index in [0.29, 0.717) is 5.69 Å². The van der Waals surface area contributed by atoms with Crippen LogP contribution in [0, 0.1) is 24.0 Å². The van der Waals surface area contributed by atoms with Crippen LogP contribution in [-0.2, 0) is 21.1 Å². The maximum Gasteiger partial charge on any atom is 0.322 e. The number of carbonyl (C=O) groups excluding carboxylic acids is 2. The molecule has 0 bridgehead atoms.